The molecule has 0 saturated carbocycles. The summed E-state index contributed by atoms with van der Waals surface area (Å²) in [5.41, 5.74) is 5.82. The topological polar surface area (TPSA) is 64.8 Å². The quantitative estimate of drug-likeness (QED) is 0.924. The van der Waals surface area contributed by atoms with Crippen molar-refractivity contribution in [1.82, 2.24) is 4.90 Å². The van der Waals surface area contributed by atoms with E-state index < -0.39 is 6.09 Å². The van der Waals surface area contributed by atoms with E-state index in [-0.39, 0.29) is 6.10 Å². The van der Waals surface area contributed by atoms with Gasteiger partial charge in [-0.3, -0.25) is 0 Å². The van der Waals surface area contributed by atoms with Crippen molar-refractivity contribution in [3.63, 3.8) is 0 Å². The van der Waals surface area contributed by atoms with Crippen molar-refractivity contribution in [3.05, 3.63) is 22.7 Å². The Labute approximate surface area is 117 Å². The number of nitrogens with two attached hydrogens (primary N) is 1. The van der Waals surface area contributed by atoms with Crippen LogP contribution in [0.1, 0.15) is 12.0 Å². The minimum absolute atomic E-state index is 0.128. The highest BCUT2D eigenvalue weighted by molar-refractivity contribution is 6.31. The first-order chi connectivity index (χ1) is 8.95. The largest absolute Gasteiger partial charge is 0.489 e. The molecule has 1 saturated heterocycles. The van der Waals surface area contributed by atoms with Crippen LogP contribution in [0.3, 0.4) is 0 Å². The molecule has 0 spiro atoms. The maximum absolute atomic E-state index is 10.8. The number of primary amides is 1. The van der Waals surface area contributed by atoms with Crippen LogP contribution in [0.5, 0.6) is 11.5 Å². The van der Waals surface area contributed by atoms with Crippen LogP contribution >= 0.6 is 11.6 Å². The van der Waals surface area contributed by atoms with Crippen LogP contribution in [-0.4, -0.2) is 37.2 Å². The van der Waals surface area contributed by atoms with E-state index in [1.54, 1.807) is 12.1 Å². The first kappa shape index (κ1) is 14.0. The molecule has 0 aromatic heterocycles. The van der Waals surface area contributed by atoms with Crippen LogP contribution in [0, 0.1) is 6.92 Å². The summed E-state index contributed by atoms with van der Waals surface area (Å²) in [6.45, 7) is 3.75. The SMILES string of the molecule is Cc1c(Cl)cc(OC(N)=O)cc1OC1CCN(C)C1. The predicted molar refractivity (Wildman–Crippen MR) is 72.9 cm³/mol. The highest BCUT2D eigenvalue weighted by Crippen LogP contribution is 2.33. The molecule has 1 atom stereocenters. The number of likely N-dealkylation sites (N-methyl/N-ethyl adjacent to an activating group) is 1. The second-order valence-corrected chi connectivity index (χ2v) is 5.15. The fourth-order valence-corrected chi connectivity index (χ4v) is 2.30. The van der Waals surface area contributed by atoms with Gasteiger partial charge in [0, 0.05) is 30.8 Å². The molecule has 2 N–H and O–H groups in total. The summed E-state index contributed by atoms with van der Waals surface area (Å²) in [5, 5.41) is 0.486. The molecule has 1 amide bonds. The molecule has 1 heterocycles. The molecule has 2 rings (SSSR count). The highest BCUT2D eigenvalue weighted by Gasteiger charge is 2.22. The standard InChI is InChI=1S/C13H17ClN2O3/c1-8-11(14)5-10(19-13(15)17)6-12(8)18-9-3-4-16(2)7-9/h5-6,9H,3-4,7H2,1-2H3,(H2,15,17). The third-order valence-electron chi connectivity index (χ3n) is 3.13. The fraction of sp³-hybridized carbons (Fsp3) is 0.462. The van der Waals surface area contributed by atoms with Gasteiger partial charge < -0.3 is 20.1 Å². The summed E-state index contributed by atoms with van der Waals surface area (Å²) >= 11 is 6.09. The second kappa shape index (κ2) is 5.67. The number of carbonyl (C=O) groups is 1. The van der Waals surface area contributed by atoms with E-state index in [1.165, 1.54) is 0 Å². The lowest BCUT2D eigenvalue weighted by molar-refractivity contribution is 0.203. The maximum Gasteiger partial charge on any atom is 0.409 e. The average Bonchev–Trinajstić information content (AvgIpc) is 2.70. The number of halogens is 1. The number of hydrogen-bond acceptors (Lipinski definition) is 4. The first-order valence-electron chi connectivity index (χ1n) is 6.08. The van der Waals surface area contributed by atoms with Crippen molar-refractivity contribution in [2.75, 3.05) is 20.1 Å². The molecule has 0 aliphatic carbocycles. The van der Waals surface area contributed by atoms with Gasteiger partial charge in [0.05, 0.1) is 5.02 Å². The number of carbonyl (C=O) groups excluding carboxylic acids is 1. The van der Waals surface area contributed by atoms with E-state index in [2.05, 4.69) is 11.9 Å². The number of rotatable bonds is 3. The van der Waals surface area contributed by atoms with Crippen molar-refractivity contribution in [3.8, 4) is 11.5 Å². The molecule has 1 aliphatic rings. The number of hydrogen-bond donors (Lipinski definition) is 1. The van der Waals surface area contributed by atoms with Crippen LogP contribution in [0.25, 0.3) is 0 Å². The van der Waals surface area contributed by atoms with Gasteiger partial charge in [-0.2, -0.15) is 0 Å². The second-order valence-electron chi connectivity index (χ2n) is 4.74. The smallest absolute Gasteiger partial charge is 0.409 e. The van der Waals surface area contributed by atoms with Gasteiger partial charge in [-0.1, -0.05) is 11.6 Å². The Morgan fingerprint density at radius 3 is 2.84 bits per heavy atom. The van der Waals surface area contributed by atoms with Crippen LogP contribution < -0.4 is 15.2 Å². The zero-order chi connectivity index (χ0) is 14.0. The zero-order valence-corrected chi connectivity index (χ0v) is 11.7. The summed E-state index contributed by atoms with van der Waals surface area (Å²) < 4.78 is 10.8. The van der Waals surface area contributed by atoms with Gasteiger partial charge in [-0.15, -0.1) is 0 Å². The van der Waals surface area contributed by atoms with Crippen molar-refractivity contribution < 1.29 is 14.3 Å². The van der Waals surface area contributed by atoms with Crippen LogP contribution in [-0.2, 0) is 0 Å². The minimum atomic E-state index is -0.869. The third kappa shape index (κ3) is 3.52. The number of likely N-dealkylation sites (tertiary alicyclic amines) is 1. The summed E-state index contributed by atoms with van der Waals surface area (Å²) in [7, 11) is 2.05. The maximum atomic E-state index is 10.8. The predicted octanol–water partition coefficient (Wildman–Crippen LogP) is 2.19. The Bertz CT molecular complexity index is 493. The lowest BCUT2D eigenvalue weighted by Crippen LogP contribution is -2.22. The molecule has 1 fully saturated rings. The third-order valence-corrected chi connectivity index (χ3v) is 3.52. The average molecular weight is 285 g/mol. The molecule has 0 bridgehead atoms. The van der Waals surface area contributed by atoms with E-state index in [0.29, 0.717) is 16.5 Å². The number of benzene rings is 1. The lowest BCUT2D eigenvalue weighted by Gasteiger charge is -2.17. The van der Waals surface area contributed by atoms with Crippen molar-refractivity contribution in [2.45, 2.75) is 19.4 Å². The lowest BCUT2D eigenvalue weighted by atomic mass is 10.2. The van der Waals surface area contributed by atoms with E-state index in [0.717, 1.165) is 25.1 Å². The van der Waals surface area contributed by atoms with Gasteiger partial charge in [-0.25, -0.2) is 4.79 Å². The molecule has 1 aromatic rings. The summed E-state index contributed by atoms with van der Waals surface area (Å²) in [6.07, 6.45) is 0.226. The summed E-state index contributed by atoms with van der Waals surface area (Å²) in [4.78, 5) is 13.0. The van der Waals surface area contributed by atoms with E-state index in [9.17, 15) is 4.79 Å². The Kier molecular flexibility index (Phi) is 4.17. The molecule has 6 heteroatoms. The van der Waals surface area contributed by atoms with Gasteiger partial charge >= 0.3 is 6.09 Å². The molecule has 19 heavy (non-hydrogen) atoms. The van der Waals surface area contributed by atoms with Gasteiger partial charge in [-0.05, 0) is 20.4 Å². The zero-order valence-electron chi connectivity index (χ0n) is 11.0. The fourth-order valence-electron chi connectivity index (χ4n) is 2.10. The van der Waals surface area contributed by atoms with Gasteiger partial charge in [0.15, 0.2) is 0 Å². The molecule has 5 nitrogen and oxygen atoms in total. The van der Waals surface area contributed by atoms with Gasteiger partial charge in [0.2, 0.25) is 0 Å². The van der Waals surface area contributed by atoms with Gasteiger partial charge in [0.1, 0.15) is 17.6 Å². The number of nitrogens with zero attached hydrogens (tertiary/aromatic N) is 1. The van der Waals surface area contributed by atoms with Crippen molar-refractivity contribution in [1.29, 1.82) is 0 Å². The minimum Gasteiger partial charge on any atom is -0.489 e. The molecular weight excluding hydrogens is 268 g/mol. The Hall–Kier alpha value is -1.46. The molecule has 104 valence electrons. The molecule has 1 aromatic carbocycles. The van der Waals surface area contributed by atoms with E-state index >= 15 is 0 Å². The molecule has 1 aliphatic heterocycles. The highest BCUT2D eigenvalue weighted by atomic mass is 35.5. The van der Waals surface area contributed by atoms with E-state index in [1.807, 2.05) is 6.92 Å². The summed E-state index contributed by atoms with van der Waals surface area (Å²) in [5.74, 6) is 0.925. The normalized spacial score (nSPS) is 19.4. The molecule has 0 radical (unpaired) electrons. The molecular formula is C13H17ClN2O3. The number of amides is 1. The monoisotopic (exact) mass is 284 g/mol. The molecule has 1 unspecified atom stereocenters. The van der Waals surface area contributed by atoms with Crippen molar-refractivity contribution >= 4 is 17.7 Å². The Balaban J connectivity index is 2.18. The van der Waals surface area contributed by atoms with Crippen LogP contribution in [0.15, 0.2) is 12.1 Å². The van der Waals surface area contributed by atoms with Gasteiger partial charge in [0.25, 0.3) is 0 Å². The summed E-state index contributed by atoms with van der Waals surface area (Å²) in [6, 6.07) is 3.19. The Morgan fingerprint density at radius 2 is 2.26 bits per heavy atom. The van der Waals surface area contributed by atoms with Crippen molar-refractivity contribution in [2.24, 2.45) is 5.73 Å². The number of ether oxygens (including phenoxy) is 2. The van der Waals surface area contributed by atoms with E-state index in [4.69, 9.17) is 26.8 Å². The van der Waals surface area contributed by atoms with Crippen LogP contribution in [0.2, 0.25) is 5.02 Å². The first-order valence-corrected chi connectivity index (χ1v) is 6.46. The van der Waals surface area contributed by atoms with Crippen LogP contribution in [0.4, 0.5) is 4.79 Å². The Morgan fingerprint density at radius 1 is 1.53 bits per heavy atom.